The molecular weight excluding hydrogens is 566 g/mol. The summed E-state index contributed by atoms with van der Waals surface area (Å²) in [6.45, 7) is 5.08. The number of ether oxygens (including phenoxy) is 1. The number of pyridine rings is 1. The van der Waals surface area contributed by atoms with Crippen molar-refractivity contribution >= 4 is 23.1 Å². The average Bonchev–Trinajstić information content (AvgIpc) is 3.49. The summed E-state index contributed by atoms with van der Waals surface area (Å²) in [6.07, 6.45) is 9.78. The normalized spacial score (nSPS) is 14.5. The number of carbonyl (C=O) groups is 1. The number of nitrogens with two attached hydrogens (primary N) is 1. The molecule has 228 valence electrons. The van der Waals surface area contributed by atoms with Gasteiger partial charge in [-0.05, 0) is 78.4 Å². The van der Waals surface area contributed by atoms with Crippen molar-refractivity contribution in [2.75, 3.05) is 55.8 Å². The van der Waals surface area contributed by atoms with Crippen molar-refractivity contribution in [1.29, 1.82) is 0 Å². The quantitative estimate of drug-likeness (QED) is 0.271. The number of aryl methyl sites for hydroxylation is 2. The van der Waals surface area contributed by atoms with Crippen molar-refractivity contribution < 1.29 is 9.53 Å². The molecule has 2 aliphatic rings. The highest BCUT2D eigenvalue weighted by Crippen LogP contribution is 2.34. The van der Waals surface area contributed by atoms with E-state index in [2.05, 4.69) is 54.4 Å². The predicted octanol–water partition coefficient (Wildman–Crippen LogP) is 4.03. The molecule has 0 atom stereocenters. The largest absolute Gasteiger partial charge is 0.497 e. The number of hydrogen-bond acceptors (Lipinski definition) is 9. The smallest absolute Gasteiger partial charge is 0.261 e. The first-order valence-corrected chi connectivity index (χ1v) is 15.2. The number of anilines is 3. The molecule has 11 heteroatoms. The van der Waals surface area contributed by atoms with Gasteiger partial charge < -0.3 is 20.7 Å². The number of nitrogen functional groups attached to an aromatic ring is 1. The molecule has 0 saturated carbocycles. The van der Waals surface area contributed by atoms with E-state index in [0.29, 0.717) is 11.6 Å². The van der Waals surface area contributed by atoms with Gasteiger partial charge in [-0.3, -0.25) is 14.7 Å². The SMILES string of the molecule is COc1ccc2c(c1)CCc1cnc(-n3cc(C(=O)Nc4ccc(CCN5CCN(c6ccncc6)CC5)cc4)c(N)n3)nc1-2. The molecule has 7 rings (SSSR count). The second-order valence-corrected chi connectivity index (χ2v) is 11.4. The van der Waals surface area contributed by atoms with E-state index in [1.165, 1.54) is 21.5 Å². The molecule has 11 nitrogen and oxygen atoms in total. The first-order valence-electron chi connectivity index (χ1n) is 15.2. The van der Waals surface area contributed by atoms with Gasteiger partial charge in [0.2, 0.25) is 0 Å². The number of piperazine rings is 1. The third-order valence-corrected chi connectivity index (χ3v) is 8.60. The summed E-state index contributed by atoms with van der Waals surface area (Å²) < 4.78 is 6.85. The van der Waals surface area contributed by atoms with Crippen molar-refractivity contribution in [3.63, 3.8) is 0 Å². The van der Waals surface area contributed by atoms with Crippen LogP contribution in [0.4, 0.5) is 17.2 Å². The number of methoxy groups -OCH3 is 1. The van der Waals surface area contributed by atoms with Crippen molar-refractivity contribution in [2.24, 2.45) is 0 Å². The van der Waals surface area contributed by atoms with Gasteiger partial charge in [-0.2, -0.15) is 0 Å². The molecule has 3 aromatic heterocycles. The zero-order valence-corrected chi connectivity index (χ0v) is 25.2. The molecule has 1 fully saturated rings. The highest BCUT2D eigenvalue weighted by atomic mass is 16.5. The number of rotatable bonds is 8. The number of nitrogens with zero attached hydrogens (tertiary/aromatic N) is 7. The van der Waals surface area contributed by atoms with Gasteiger partial charge in [0.25, 0.3) is 11.9 Å². The highest BCUT2D eigenvalue weighted by molar-refractivity contribution is 6.07. The predicted molar refractivity (Wildman–Crippen MR) is 174 cm³/mol. The fourth-order valence-electron chi connectivity index (χ4n) is 6.02. The van der Waals surface area contributed by atoms with Crippen LogP contribution in [-0.2, 0) is 19.3 Å². The summed E-state index contributed by atoms with van der Waals surface area (Å²) in [5.41, 5.74) is 13.7. The van der Waals surface area contributed by atoms with Crippen molar-refractivity contribution in [3.05, 3.63) is 102 Å². The van der Waals surface area contributed by atoms with E-state index in [1.54, 1.807) is 13.3 Å². The second-order valence-electron chi connectivity index (χ2n) is 11.4. The van der Waals surface area contributed by atoms with E-state index in [9.17, 15) is 4.79 Å². The first kappa shape index (κ1) is 28.5. The number of carbonyl (C=O) groups excluding carboxylic acids is 1. The number of nitrogens with one attached hydrogen (secondary N) is 1. The molecule has 5 aromatic rings. The summed E-state index contributed by atoms with van der Waals surface area (Å²) in [4.78, 5) is 31.5. The monoisotopic (exact) mass is 601 g/mol. The molecular formula is C34H35N9O2. The molecule has 0 unspecified atom stereocenters. The maximum atomic E-state index is 13.2. The summed E-state index contributed by atoms with van der Waals surface area (Å²) >= 11 is 0. The number of hydrogen-bond donors (Lipinski definition) is 2. The van der Waals surface area contributed by atoms with Crippen molar-refractivity contribution in [1.82, 2.24) is 29.6 Å². The lowest BCUT2D eigenvalue weighted by atomic mass is 9.90. The first-order chi connectivity index (χ1) is 22.0. The minimum absolute atomic E-state index is 0.111. The van der Waals surface area contributed by atoms with Gasteiger partial charge in [-0.1, -0.05) is 12.1 Å². The zero-order chi connectivity index (χ0) is 30.8. The van der Waals surface area contributed by atoms with E-state index in [0.717, 1.165) is 74.6 Å². The summed E-state index contributed by atoms with van der Waals surface area (Å²) in [5, 5.41) is 7.30. The number of benzene rings is 2. The molecule has 1 aliphatic heterocycles. The lowest BCUT2D eigenvalue weighted by molar-refractivity contribution is 0.102. The minimum atomic E-state index is -0.339. The lowest BCUT2D eigenvalue weighted by Crippen LogP contribution is -2.47. The van der Waals surface area contributed by atoms with Crippen LogP contribution in [0.1, 0.15) is 27.0 Å². The van der Waals surface area contributed by atoms with Gasteiger partial charge in [0, 0.05) is 74.4 Å². The summed E-state index contributed by atoms with van der Waals surface area (Å²) in [6, 6.07) is 18.1. The molecule has 0 bridgehead atoms. The van der Waals surface area contributed by atoms with Crippen molar-refractivity contribution in [3.8, 4) is 23.0 Å². The Morgan fingerprint density at radius 1 is 0.978 bits per heavy atom. The van der Waals surface area contributed by atoms with Crippen LogP contribution in [0.15, 0.2) is 79.4 Å². The standard InChI is InChI=1S/C34H35N9O2/c1-45-28-8-9-29-24(20-28)4-5-25-21-37-34(39-31(25)29)43-22-30(32(35)40-43)33(44)38-26-6-2-23(3-7-26)12-15-41-16-18-42(19-17-41)27-10-13-36-14-11-27/h2-3,6-11,13-14,20-22H,4-5,12,15-19H2,1H3,(H2,35,40)(H,38,44). The van der Waals surface area contributed by atoms with Gasteiger partial charge in [0.15, 0.2) is 5.82 Å². The Bertz CT molecular complexity index is 1810. The molecule has 1 aliphatic carbocycles. The maximum Gasteiger partial charge on any atom is 0.261 e. The van der Waals surface area contributed by atoms with Gasteiger partial charge >= 0.3 is 0 Å². The van der Waals surface area contributed by atoms with Crippen LogP contribution in [0.2, 0.25) is 0 Å². The lowest BCUT2D eigenvalue weighted by Gasteiger charge is -2.36. The Labute approximate surface area is 261 Å². The Hall–Kier alpha value is -5.29. The Balaban J connectivity index is 0.965. The molecule has 3 N–H and O–H groups in total. The van der Waals surface area contributed by atoms with Crippen molar-refractivity contribution in [2.45, 2.75) is 19.3 Å². The number of aromatic nitrogens is 5. The number of fused-ring (bicyclic) bond motifs is 3. The van der Waals surface area contributed by atoms with E-state index in [-0.39, 0.29) is 17.3 Å². The van der Waals surface area contributed by atoms with Crippen LogP contribution < -0.4 is 20.7 Å². The fourth-order valence-corrected chi connectivity index (χ4v) is 6.02. The van der Waals surface area contributed by atoms with E-state index < -0.39 is 0 Å². The van der Waals surface area contributed by atoms with Gasteiger partial charge in [0.05, 0.1) is 12.8 Å². The molecule has 4 heterocycles. The maximum absolute atomic E-state index is 13.2. The molecule has 1 saturated heterocycles. The third-order valence-electron chi connectivity index (χ3n) is 8.60. The molecule has 45 heavy (non-hydrogen) atoms. The van der Waals surface area contributed by atoms with Crippen LogP contribution in [0.3, 0.4) is 0 Å². The summed E-state index contributed by atoms with van der Waals surface area (Å²) in [5.74, 6) is 0.948. The van der Waals surface area contributed by atoms with Crippen LogP contribution in [0.5, 0.6) is 5.75 Å². The van der Waals surface area contributed by atoms with E-state index in [4.69, 9.17) is 15.5 Å². The fraction of sp³-hybridized carbons (Fsp3) is 0.265. The number of amides is 1. The van der Waals surface area contributed by atoms with Crippen LogP contribution in [-0.4, -0.2) is 75.4 Å². The van der Waals surface area contributed by atoms with Gasteiger partial charge in [0.1, 0.15) is 11.3 Å². The third kappa shape index (κ3) is 6.07. The summed E-state index contributed by atoms with van der Waals surface area (Å²) in [7, 11) is 1.67. The van der Waals surface area contributed by atoms with E-state index >= 15 is 0 Å². The Morgan fingerprint density at radius 3 is 2.53 bits per heavy atom. The highest BCUT2D eigenvalue weighted by Gasteiger charge is 2.22. The van der Waals surface area contributed by atoms with Crippen LogP contribution >= 0.6 is 0 Å². The second kappa shape index (κ2) is 12.4. The van der Waals surface area contributed by atoms with Gasteiger partial charge in [-0.25, -0.2) is 14.6 Å². The zero-order valence-electron chi connectivity index (χ0n) is 25.2. The average molecular weight is 602 g/mol. The minimum Gasteiger partial charge on any atom is -0.497 e. The topological polar surface area (TPSA) is 127 Å². The van der Waals surface area contributed by atoms with Crippen LogP contribution in [0, 0.1) is 0 Å². The Morgan fingerprint density at radius 2 is 1.76 bits per heavy atom. The molecule has 0 radical (unpaired) electrons. The molecule has 2 aromatic carbocycles. The van der Waals surface area contributed by atoms with Gasteiger partial charge in [-0.15, -0.1) is 5.10 Å². The van der Waals surface area contributed by atoms with E-state index in [1.807, 2.05) is 48.9 Å². The Kier molecular flexibility index (Phi) is 7.83. The molecule has 1 amide bonds. The van der Waals surface area contributed by atoms with Crippen LogP contribution in [0.25, 0.3) is 17.2 Å². The molecule has 0 spiro atoms.